The van der Waals surface area contributed by atoms with Crippen LogP contribution in [-0.2, 0) is 0 Å². The smallest absolute Gasteiger partial charge is 0.408 e. The molecule has 2 aromatic heterocycles. The molecule has 4 heterocycles. The Morgan fingerprint density at radius 3 is 2.62 bits per heavy atom. The molecule has 3 fully saturated rings. The molecule has 5 atom stereocenters. The quantitative estimate of drug-likeness (QED) is 0.344. The maximum atomic E-state index is 12.9. The van der Waals surface area contributed by atoms with Gasteiger partial charge in [0.1, 0.15) is 5.39 Å². The van der Waals surface area contributed by atoms with Crippen LogP contribution in [0.5, 0.6) is 0 Å². The van der Waals surface area contributed by atoms with Crippen LogP contribution in [0.3, 0.4) is 0 Å². The lowest BCUT2D eigenvalue weighted by atomic mass is 9.65. The Bertz CT molecular complexity index is 1530. The van der Waals surface area contributed by atoms with Crippen LogP contribution in [0, 0.1) is 22.7 Å². The molecule has 1 aliphatic carbocycles. The van der Waals surface area contributed by atoms with Crippen molar-refractivity contribution in [2.24, 2.45) is 11.3 Å². The highest BCUT2D eigenvalue weighted by atomic mass is 16.4. The zero-order chi connectivity index (χ0) is 28.2. The first-order valence-electron chi connectivity index (χ1n) is 14.5. The highest BCUT2D eigenvalue weighted by molar-refractivity contribution is 5.91. The summed E-state index contributed by atoms with van der Waals surface area (Å²) in [5.41, 5.74) is 2.05. The monoisotopic (exact) mass is 542 g/mol. The van der Waals surface area contributed by atoms with Gasteiger partial charge in [0.25, 0.3) is 5.56 Å². The minimum Gasteiger partial charge on any atom is -0.465 e. The van der Waals surface area contributed by atoms with E-state index in [9.17, 15) is 20.0 Å². The van der Waals surface area contributed by atoms with E-state index in [1.165, 1.54) is 5.56 Å². The molecule has 40 heavy (non-hydrogen) atoms. The number of nitriles is 1. The van der Waals surface area contributed by atoms with E-state index in [2.05, 4.69) is 49.3 Å². The van der Waals surface area contributed by atoms with E-state index in [0.717, 1.165) is 62.6 Å². The summed E-state index contributed by atoms with van der Waals surface area (Å²) in [6, 6.07) is 12.6. The van der Waals surface area contributed by atoms with Crippen molar-refractivity contribution in [2.75, 3.05) is 5.32 Å². The molecular weight excluding hydrogens is 504 g/mol. The van der Waals surface area contributed by atoms with Crippen molar-refractivity contribution in [1.82, 2.24) is 19.7 Å². The molecule has 2 aliphatic heterocycles. The zero-order valence-electron chi connectivity index (χ0n) is 23.5. The van der Waals surface area contributed by atoms with Gasteiger partial charge in [0.05, 0.1) is 29.1 Å². The highest BCUT2D eigenvalue weighted by Crippen LogP contribution is 2.56. The number of rotatable bonds is 4. The van der Waals surface area contributed by atoms with Gasteiger partial charge in [-0.15, -0.1) is 0 Å². The third-order valence-corrected chi connectivity index (χ3v) is 9.94. The normalized spacial score (nSPS) is 28.4. The van der Waals surface area contributed by atoms with Crippen LogP contribution in [0.1, 0.15) is 89.7 Å². The van der Waals surface area contributed by atoms with Crippen molar-refractivity contribution in [3.05, 3.63) is 52.4 Å². The number of fused-ring (bicyclic) bond motifs is 3. The molecule has 1 saturated carbocycles. The fraction of sp³-hybridized carbons (Fsp3) is 0.548. The molecule has 2 saturated heterocycles. The maximum absolute atomic E-state index is 12.9. The molecule has 3 aromatic rings. The van der Waals surface area contributed by atoms with Crippen molar-refractivity contribution in [3.63, 3.8) is 0 Å². The Morgan fingerprint density at radius 1 is 1.18 bits per heavy atom. The van der Waals surface area contributed by atoms with E-state index in [1.54, 1.807) is 11.1 Å². The molecule has 6 rings (SSSR count). The molecule has 210 valence electrons. The minimum absolute atomic E-state index is 0.0485. The lowest BCUT2D eigenvalue weighted by Gasteiger charge is -2.53. The fourth-order valence-corrected chi connectivity index (χ4v) is 7.85. The van der Waals surface area contributed by atoms with Crippen LogP contribution in [0.25, 0.3) is 10.9 Å². The number of carboxylic acid groups (broad SMARTS) is 1. The third-order valence-electron chi connectivity index (χ3n) is 9.94. The first kappa shape index (κ1) is 26.4. The summed E-state index contributed by atoms with van der Waals surface area (Å²) in [5, 5.41) is 28.5. The minimum atomic E-state index is -0.800. The van der Waals surface area contributed by atoms with Gasteiger partial charge in [-0.25, -0.2) is 4.79 Å². The summed E-state index contributed by atoms with van der Waals surface area (Å²) >= 11 is 0. The van der Waals surface area contributed by atoms with Crippen molar-refractivity contribution in [3.8, 4) is 6.07 Å². The highest BCUT2D eigenvalue weighted by Gasteiger charge is 2.59. The molecule has 5 unspecified atom stereocenters. The lowest BCUT2D eigenvalue weighted by Crippen LogP contribution is -2.60. The van der Waals surface area contributed by atoms with Crippen LogP contribution >= 0.6 is 0 Å². The summed E-state index contributed by atoms with van der Waals surface area (Å²) in [7, 11) is 0. The van der Waals surface area contributed by atoms with Gasteiger partial charge in [-0.1, -0.05) is 45.7 Å². The van der Waals surface area contributed by atoms with Crippen molar-refractivity contribution >= 4 is 28.5 Å². The topological polar surface area (TPSA) is 127 Å². The number of nitrogens with zero attached hydrogens (tertiary/aromatic N) is 4. The Hall–Kier alpha value is -3.80. The molecule has 9 nitrogen and oxygen atoms in total. The predicted octanol–water partition coefficient (Wildman–Crippen LogP) is 6.53. The van der Waals surface area contributed by atoms with Crippen LogP contribution < -0.4 is 10.9 Å². The zero-order valence-corrected chi connectivity index (χ0v) is 23.5. The maximum Gasteiger partial charge on any atom is 0.408 e. The Labute approximate surface area is 234 Å². The number of H-pyrrole nitrogens is 1. The number of anilines is 2. The average Bonchev–Trinajstić information content (AvgIpc) is 3.42. The van der Waals surface area contributed by atoms with Gasteiger partial charge in [0.15, 0.2) is 5.82 Å². The molecule has 3 aliphatic rings. The Kier molecular flexibility index (Phi) is 6.40. The van der Waals surface area contributed by atoms with Crippen LogP contribution in [-0.4, -0.2) is 42.4 Å². The first-order valence-corrected chi connectivity index (χ1v) is 14.5. The van der Waals surface area contributed by atoms with Crippen LogP contribution in [0.4, 0.5) is 16.3 Å². The lowest BCUT2D eigenvalue weighted by molar-refractivity contribution is -0.0209. The van der Waals surface area contributed by atoms with Crippen molar-refractivity contribution in [2.45, 2.75) is 95.7 Å². The summed E-state index contributed by atoms with van der Waals surface area (Å²) in [4.78, 5) is 29.7. The van der Waals surface area contributed by atoms with Crippen LogP contribution in [0.2, 0.25) is 0 Å². The van der Waals surface area contributed by atoms with E-state index < -0.39 is 6.09 Å². The molecule has 1 aromatic carbocycles. The van der Waals surface area contributed by atoms with E-state index in [0.29, 0.717) is 11.2 Å². The predicted molar refractivity (Wildman–Crippen MR) is 154 cm³/mol. The average molecular weight is 543 g/mol. The number of piperidine rings is 1. The largest absolute Gasteiger partial charge is 0.465 e. The first-order chi connectivity index (χ1) is 19.1. The standard InChI is InChI=1S/C31H38N6O3/c1-30(2,3)31-14-12-23(36(31)29(39)40)16-21(17-31)19-8-10-22(11-9-19)34-27-26-25(13-15-33-28(26)38)37(35-27)24-7-5-4-6-20(24)18-32/h8-11,13,15,20-21,23-24H,4-7,12,14,16-17H2,1-3H3,(H,33,38)(H,34,35)(H,39,40). The Balaban J connectivity index is 1.28. The third kappa shape index (κ3) is 4.16. The second kappa shape index (κ2) is 9.69. The van der Waals surface area contributed by atoms with Gasteiger partial charge in [0, 0.05) is 17.9 Å². The number of nitrogens with one attached hydrogen (secondary N) is 2. The number of pyridine rings is 1. The number of hydrogen-bond acceptors (Lipinski definition) is 5. The van der Waals surface area contributed by atoms with Gasteiger partial charge >= 0.3 is 6.09 Å². The van der Waals surface area contributed by atoms with Gasteiger partial charge in [-0.05, 0) is 73.6 Å². The van der Waals surface area contributed by atoms with Gasteiger partial charge in [-0.2, -0.15) is 10.4 Å². The molecular formula is C31H38N6O3. The van der Waals surface area contributed by atoms with Crippen LogP contribution in [0.15, 0.2) is 41.3 Å². The summed E-state index contributed by atoms with van der Waals surface area (Å²) in [5.74, 6) is 0.655. The number of aromatic nitrogens is 3. The number of hydrogen-bond donors (Lipinski definition) is 3. The fourth-order valence-electron chi connectivity index (χ4n) is 7.85. The second-order valence-electron chi connectivity index (χ2n) is 13.0. The second-order valence-corrected chi connectivity index (χ2v) is 13.0. The van der Waals surface area contributed by atoms with E-state index in [-0.39, 0.29) is 40.4 Å². The van der Waals surface area contributed by atoms with E-state index >= 15 is 0 Å². The molecule has 1 amide bonds. The van der Waals surface area contributed by atoms with Crippen molar-refractivity contribution < 1.29 is 9.90 Å². The number of carbonyl (C=O) groups is 1. The molecule has 0 radical (unpaired) electrons. The van der Waals surface area contributed by atoms with Gasteiger partial charge in [0.2, 0.25) is 0 Å². The Morgan fingerprint density at radius 2 is 1.93 bits per heavy atom. The van der Waals surface area contributed by atoms with Crippen molar-refractivity contribution in [1.29, 1.82) is 5.26 Å². The summed E-state index contributed by atoms with van der Waals surface area (Å²) in [6.45, 7) is 6.49. The SMILES string of the molecule is CC(C)(C)C12CCC(CC(c3ccc(Nc4nn(C5CCCCC5C#N)c5cc[nH]c(=O)c45)cc3)C1)N2C(=O)O. The number of amides is 1. The van der Waals surface area contributed by atoms with E-state index in [4.69, 9.17) is 5.10 Å². The molecule has 0 spiro atoms. The van der Waals surface area contributed by atoms with E-state index in [1.807, 2.05) is 22.9 Å². The van der Waals surface area contributed by atoms with Gasteiger partial charge in [-0.3, -0.25) is 14.4 Å². The number of benzene rings is 1. The summed E-state index contributed by atoms with van der Waals surface area (Å²) < 4.78 is 1.88. The molecule has 9 heteroatoms. The number of aromatic amines is 1. The van der Waals surface area contributed by atoms with Gasteiger partial charge < -0.3 is 15.4 Å². The summed E-state index contributed by atoms with van der Waals surface area (Å²) in [6.07, 6.45) is 8.11. The molecule has 2 bridgehead atoms. The molecule has 3 N–H and O–H groups in total.